The number of hydrazine groups is 1. The van der Waals surface area contributed by atoms with Crippen molar-refractivity contribution in [2.75, 3.05) is 5.43 Å². The molecule has 0 saturated carbocycles. The summed E-state index contributed by atoms with van der Waals surface area (Å²) in [7, 11) is 0. The number of H-pyrrole nitrogens is 1. The van der Waals surface area contributed by atoms with E-state index in [1.165, 1.54) is 18.5 Å². The van der Waals surface area contributed by atoms with Gasteiger partial charge in [0.25, 0.3) is 5.91 Å². The van der Waals surface area contributed by atoms with Crippen LogP contribution >= 0.6 is 0 Å². The van der Waals surface area contributed by atoms with E-state index >= 15 is 0 Å². The number of aromatic nitrogens is 3. The number of amides is 1. The number of hydrogen-bond donors (Lipinski definition) is 4. The van der Waals surface area contributed by atoms with Crippen molar-refractivity contribution in [1.82, 2.24) is 25.9 Å². The largest absolute Gasteiger partial charge is 0.348 e. The highest BCUT2D eigenvalue weighted by Crippen LogP contribution is 2.35. The van der Waals surface area contributed by atoms with Gasteiger partial charge in [0.15, 0.2) is 5.82 Å². The van der Waals surface area contributed by atoms with E-state index in [0.29, 0.717) is 17.9 Å². The minimum atomic E-state index is -0.299. The number of aromatic amines is 1. The van der Waals surface area contributed by atoms with Crippen LogP contribution in [-0.2, 0) is 6.54 Å². The quantitative estimate of drug-likeness (QED) is 0.401. The van der Waals surface area contributed by atoms with Crippen LogP contribution in [0.25, 0.3) is 11.4 Å². The van der Waals surface area contributed by atoms with Crippen molar-refractivity contribution in [3.8, 4) is 11.4 Å². The fourth-order valence-corrected chi connectivity index (χ4v) is 3.64. The Labute approximate surface area is 177 Å². The summed E-state index contributed by atoms with van der Waals surface area (Å²) >= 11 is 0. The second-order valence-electron chi connectivity index (χ2n) is 7.27. The Bertz CT molecular complexity index is 1220. The Hall–Kier alpha value is -4.04. The van der Waals surface area contributed by atoms with E-state index < -0.39 is 0 Å². The van der Waals surface area contributed by atoms with Crippen molar-refractivity contribution in [1.29, 1.82) is 0 Å². The van der Waals surface area contributed by atoms with Crippen molar-refractivity contribution >= 4 is 11.6 Å². The third-order valence-corrected chi connectivity index (χ3v) is 5.25. The maximum atomic E-state index is 13.0. The lowest BCUT2D eigenvalue weighted by atomic mass is 9.96. The van der Waals surface area contributed by atoms with Gasteiger partial charge in [0, 0.05) is 23.2 Å². The predicted octanol–water partition coefficient (Wildman–Crippen LogP) is 3.56. The van der Waals surface area contributed by atoms with Gasteiger partial charge in [-0.05, 0) is 53.6 Å². The van der Waals surface area contributed by atoms with Crippen molar-refractivity contribution < 1.29 is 9.18 Å². The van der Waals surface area contributed by atoms with Crippen LogP contribution in [0.4, 0.5) is 10.1 Å². The lowest BCUT2D eigenvalue weighted by Crippen LogP contribution is -2.24. The number of benzene rings is 3. The van der Waals surface area contributed by atoms with E-state index in [1.807, 2.05) is 30.3 Å². The summed E-state index contributed by atoms with van der Waals surface area (Å²) in [4.78, 5) is 16.9. The molecule has 0 aliphatic carbocycles. The molecule has 5 rings (SSSR count). The molecule has 1 aliphatic rings. The van der Waals surface area contributed by atoms with Gasteiger partial charge >= 0.3 is 0 Å². The molecule has 31 heavy (non-hydrogen) atoms. The summed E-state index contributed by atoms with van der Waals surface area (Å²) in [6.45, 7) is 0.329. The minimum absolute atomic E-state index is 0.122. The molecule has 4 aromatic rings. The highest BCUT2D eigenvalue weighted by molar-refractivity contribution is 5.94. The smallest absolute Gasteiger partial charge is 0.251 e. The molecule has 1 aromatic heterocycles. The number of rotatable bonds is 5. The van der Waals surface area contributed by atoms with Gasteiger partial charge in [0.2, 0.25) is 0 Å². The zero-order valence-corrected chi connectivity index (χ0v) is 16.4. The van der Waals surface area contributed by atoms with Crippen molar-refractivity contribution in [3.63, 3.8) is 0 Å². The number of hydrogen-bond acceptors (Lipinski definition) is 5. The second-order valence-corrected chi connectivity index (χ2v) is 7.27. The van der Waals surface area contributed by atoms with Gasteiger partial charge in [-0.1, -0.05) is 24.3 Å². The molecule has 8 heteroatoms. The summed E-state index contributed by atoms with van der Waals surface area (Å²) in [5, 5.41) is 9.67. The van der Waals surface area contributed by atoms with Gasteiger partial charge in [-0.25, -0.2) is 14.8 Å². The van der Waals surface area contributed by atoms with Gasteiger partial charge < -0.3 is 10.7 Å². The summed E-state index contributed by atoms with van der Waals surface area (Å²) in [5.41, 5.74) is 11.8. The van der Waals surface area contributed by atoms with Crippen LogP contribution < -0.4 is 16.2 Å². The van der Waals surface area contributed by atoms with E-state index in [0.717, 1.165) is 27.9 Å². The zero-order valence-electron chi connectivity index (χ0n) is 16.4. The molecule has 2 heterocycles. The first-order chi connectivity index (χ1) is 15.2. The molecule has 7 nitrogen and oxygen atoms in total. The Morgan fingerprint density at radius 1 is 1.06 bits per heavy atom. The average Bonchev–Trinajstić information content (AvgIpc) is 3.48. The molecule has 154 valence electrons. The number of nitrogens with one attached hydrogen (secondary N) is 4. The maximum absolute atomic E-state index is 13.0. The van der Waals surface area contributed by atoms with Crippen LogP contribution in [0.3, 0.4) is 0 Å². The summed E-state index contributed by atoms with van der Waals surface area (Å²) in [6, 6.07) is 19.4. The van der Waals surface area contributed by atoms with Gasteiger partial charge in [-0.3, -0.25) is 9.89 Å². The number of carbonyl (C=O) groups excluding carboxylic acids is 1. The summed E-state index contributed by atoms with van der Waals surface area (Å²) in [5.74, 6) is 0.210. The lowest BCUT2D eigenvalue weighted by molar-refractivity contribution is 0.0951. The van der Waals surface area contributed by atoms with Crippen LogP contribution in [0.2, 0.25) is 0 Å². The van der Waals surface area contributed by atoms with E-state index in [2.05, 4.69) is 37.4 Å². The number of fused-ring (bicyclic) bond motifs is 1. The highest BCUT2D eigenvalue weighted by Gasteiger charge is 2.25. The highest BCUT2D eigenvalue weighted by atomic mass is 19.1. The Morgan fingerprint density at radius 2 is 1.94 bits per heavy atom. The predicted molar refractivity (Wildman–Crippen MR) is 114 cm³/mol. The number of nitrogens with zero attached hydrogens (tertiary/aromatic N) is 2. The van der Waals surface area contributed by atoms with Gasteiger partial charge in [0.1, 0.15) is 12.1 Å². The molecule has 1 unspecified atom stereocenters. The minimum Gasteiger partial charge on any atom is -0.348 e. The topological polar surface area (TPSA) is 94.7 Å². The van der Waals surface area contributed by atoms with Crippen LogP contribution in [-0.4, -0.2) is 21.1 Å². The van der Waals surface area contributed by atoms with Crippen LogP contribution in [0.1, 0.15) is 33.1 Å². The molecule has 0 spiro atoms. The lowest BCUT2D eigenvalue weighted by Gasteiger charge is -2.13. The summed E-state index contributed by atoms with van der Waals surface area (Å²) < 4.78 is 13.0. The van der Waals surface area contributed by atoms with Crippen molar-refractivity contribution in [3.05, 3.63) is 101 Å². The first-order valence-corrected chi connectivity index (χ1v) is 9.81. The molecule has 0 fully saturated rings. The molecule has 0 radical (unpaired) electrons. The number of halogens is 1. The third kappa shape index (κ3) is 3.88. The standard InChI is InChI=1S/C23H19FN6O/c24-18-7-4-14(5-8-18)12-25-23(31)17-3-1-2-15(10-17)21-19-11-16(22-26-13-27-30-22)6-9-20(19)28-29-21/h1-11,13,21,28-29H,12H2,(H,25,31)(H,26,27,30). The normalized spacial score (nSPS) is 14.7. The molecule has 0 bridgehead atoms. The monoisotopic (exact) mass is 414 g/mol. The molecule has 4 N–H and O–H groups in total. The van der Waals surface area contributed by atoms with Gasteiger partial charge in [-0.2, -0.15) is 5.10 Å². The Morgan fingerprint density at radius 3 is 2.74 bits per heavy atom. The fourth-order valence-electron chi connectivity index (χ4n) is 3.64. The molecule has 1 aliphatic heterocycles. The van der Waals surface area contributed by atoms with E-state index in [4.69, 9.17) is 0 Å². The zero-order chi connectivity index (χ0) is 21.2. The third-order valence-electron chi connectivity index (χ3n) is 5.25. The van der Waals surface area contributed by atoms with Crippen LogP contribution in [0.15, 0.2) is 73.1 Å². The van der Waals surface area contributed by atoms with Gasteiger partial charge in [0.05, 0.1) is 11.7 Å². The Kier molecular flexibility index (Phi) is 4.89. The molecule has 1 amide bonds. The van der Waals surface area contributed by atoms with Crippen molar-refractivity contribution in [2.45, 2.75) is 12.6 Å². The van der Waals surface area contributed by atoms with E-state index in [9.17, 15) is 9.18 Å². The summed E-state index contributed by atoms with van der Waals surface area (Å²) in [6.07, 6.45) is 1.48. The molecular weight excluding hydrogens is 395 g/mol. The van der Waals surface area contributed by atoms with Crippen LogP contribution in [0, 0.1) is 5.82 Å². The van der Waals surface area contributed by atoms with E-state index in [-0.39, 0.29) is 17.8 Å². The van der Waals surface area contributed by atoms with Crippen LogP contribution in [0.5, 0.6) is 0 Å². The molecular formula is C23H19FN6O. The van der Waals surface area contributed by atoms with Gasteiger partial charge in [-0.15, -0.1) is 0 Å². The molecule has 0 saturated heterocycles. The SMILES string of the molecule is O=C(NCc1ccc(F)cc1)c1cccc(C2NNc3ccc(-c4ncn[nH]4)cc32)c1. The first-order valence-electron chi connectivity index (χ1n) is 9.81. The maximum Gasteiger partial charge on any atom is 0.251 e. The Balaban J connectivity index is 1.36. The van der Waals surface area contributed by atoms with E-state index in [1.54, 1.807) is 18.2 Å². The second kappa shape index (κ2) is 8.00. The van der Waals surface area contributed by atoms with Crippen molar-refractivity contribution in [2.24, 2.45) is 0 Å². The molecule has 3 aromatic carbocycles. The fraction of sp³-hybridized carbons (Fsp3) is 0.0870. The first kappa shape index (κ1) is 19.0. The molecule has 1 atom stereocenters. The number of carbonyl (C=O) groups is 1. The average molecular weight is 414 g/mol. The number of anilines is 1.